The largest absolute Gasteiger partial charge is 0.489 e. The predicted octanol–water partition coefficient (Wildman–Crippen LogP) is 10.7. The van der Waals surface area contributed by atoms with Gasteiger partial charge in [0.25, 0.3) is 0 Å². The van der Waals surface area contributed by atoms with Crippen molar-refractivity contribution in [2.75, 3.05) is 14.2 Å². The monoisotopic (exact) mass is 855 g/mol. The molecule has 14 heteroatoms. The minimum atomic E-state index is -4.16. The number of ether oxygens (including phenoxy) is 4. The molecule has 2 aliphatic rings. The second-order valence-electron chi connectivity index (χ2n) is 13.0. The number of rotatable bonds is 6. The fraction of sp³-hybridized carbons (Fsp3) is 0.410. The van der Waals surface area contributed by atoms with Crippen LogP contribution in [0.25, 0.3) is 21.5 Å². The zero-order valence-electron chi connectivity index (χ0n) is 28.8. The Morgan fingerprint density at radius 2 is 1.06 bits per heavy atom. The summed E-state index contributed by atoms with van der Waals surface area (Å²) in [6, 6.07) is 19.2. The van der Waals surface area contributed by atoms with Crippen molar-refractivity contribution in [3.05, 3.63) is 80.9 Å². The second kappa shape index (κ2) is 16.8. The van der Waals surface area contributed by atoms with Crippen molar-refractivity contribution in [3.63, 3.8) is 0 Å². The number of nitriles is 1. The summed E-state index contributed by atoms with van der Waals surface area (Å²) in [5, 5.41) is 12.7. The third-order valence-corrected chi connectivity index (χ3v) is 10.8. The van der Waals surface area contributed by atoms with Crippen LogP contribution < -0.4 is 9.47 Å². The molecule has 7 nitrogen and oxygen atoms in total. The van der Waals surface area contributed by atoms with Gasteiger partial charge in [0, 0.05) is 5.39 Å². The Hall–Kier alpha value is -4.26. The molecule has 0 aromatic heterocycles. The standard InChI is InChI=1S/C20H18F3NO3.C19H18F3IO3/c1-26-19(25)13-2-8-16-12(10-13)3-9-18(17(16)11-24)27-15-6-4-14(5-7-15)20(21,22)23;1-25-18(24)12-2-8-15-11(10-12)3-9-16(17(15)23)26-14-6-4-13(5-7-14)19(20,21)22/h2-3,8-10,14-15H,4-7H2,1H3;2-3,8-10,13-14H,4-7H2,1H3. The first-order valence-electron chi connectivity index (χ1n) is 16.9. The number of nitrogens with zero attached hydrogens (tertiary/aromatic N) is 1. The van der Waals surface area contributed by atoms with Gasteiger partial charge in [-0.3, -0.25) is 0 Å². The van der Waals surface area contributed by atoms with Crippen LogP contribution in [0.15, 0.2) is 60.7 Å². The third kappa shape index (κ3) is 9.65. The Morgan fingerprint density at radius 1 is 0.642 bits per heavy atom. The summed E-state index contributed by atoms with van der Waals surface area (Å²) in [6.07, 6.45) is -7.12. The van der Waals surface area contributed by atoms with E-state index in [4.69, 9.17) is 14.2 Å². The van der Waals surface area contributed by atoms with Crippen LogP contribution in [0.4, 0.5) is 26.3 Å². The van der Waals surface area contributed by atoms with E-state index in [-0.39, 0.29) is 37.9 Å². The van der Waals surface area contributed by atoms with E-state index in [0.717, 1.165) is 14.3 Å². The van der Waals surface area contributed by atoms with E-state index in [2.05, 4.69) is 33.4 Å². The fourth-order valence-electron chi connectivity index (χ4n) is 6.75. The molecule has 0 spiro atoms. The van der Waals surface area contributed by atoms with Gasteiger partial charge in [0.15, 0.2) is 0 Å². The van der Waals surface area contributed by atoms with Gasteiger partial charge in [-0.2, -0.15) is 31.6 Å². The molecule has 2 fully saturated rings. The predicted molar refractivity (Wildman–Crippen MR) is 193 cm³/mol. The van der Waals surface area contributed by atoms with Crippen molar-refractivity contribution in [1.29, 1.82) is 5.26 Å². The Labute approximate surface area is 315 Å². The molecule has 2 saturated carbocycles. The number of fused-ring (bicyclic) bond motifs is 2. The lowest BCUT2D eigenvalue weighted by atomic mass is 9.87. The van der Waals surface area contributed by atoms with Gasteiger partial charge in [0.2, 0.25) is 0 Å². The first-order chi connectivity index (χ1) is 25.1. The number of benzene rings is 4. The highest BCUT2D eigenvalue weighted by Gasteiger charge is 2.43. The summed E-state index contributed by atoms with van der Waals surface area (Å²) in [4.78, 5) is 23.3. The first kappa shape index (κ1) is 39.9. The molecule has 0 atom stereocenters. The molecule has 0 saturated heterocycles. The Kier molecular flexibility index (Phi) is 12.7. The molecule has 0 N–H and O–H groups in total. The molecule has 2 aliphatic carbocycles. The van der Waals surface area contributed by atoms with Crippen molar-refractivity contribution >= 4 is 56.1 Å². The van der Waals surface area contributed by atoms with Crippen LogP contribution >= 0.6 is 22.6 Å². The number of halogens is 7. The third-order valence-electron chi connectivity index (χ3n) is 9.72. The van der Waals surface area contributed by atoms with Gasteiger partial charge in [-0.25, -0.2) is 9.59 Å². The van der Waals surface area contributed by atoms with Gasteiger partial charge >= 0.3 is 24.3 Å². The van der Waals surface area contributed by atoms with E-state index in [0.29, 0.717) is 64.6 Å². The van der Waals surface area contributed by atoms with E-state index in [1.165, 1.54) is 14.2 Å². The molecule has 0 amide bonds. The number of hydrogen-bond donors (Lipinski definition) is 0. The van der Waals surface area contributed by atoms with Gasteiger partial charge in [0.05, 0.1) is 53.0 Å². The quantitative estimate of drug-likeness (QED) is 0.108. The average Bonchev–Trinajstić information content (AvgIpc) is 3.14. The number of esters is 2. The number of methoxy groups -OCH3 is 2. The summed E-state index contributed by atoms with van der Waals surface area (Å²) < 4.78 is 98.8. The summed E-state index contributed by atoms with van der Waals surface area (Å²) >= 11 is 2.17. The second-order valence-corrected chi connectivity index (χ2v) is 14.1. The van der Waals surface area contributed by atoms with E-state index in [1.54, 1.807) is 48.5 Å². The number of carbonyl (C=O) groups is 2. The zero-order chi connectivity index (χ0) is 38.5. The van der Waals surface area contributed by atoms with E-state index >= 15 is 0 Å². The average molecular weight is 856 g/mol. The molecule has 0 heterocycles. The number of alkyl halides is 6. The fourth-order valence-corrected chi connectivity index (χ4v) is 7.55. The zero-order valence-corrected chi connectivity index (χ0v) is 30.9. The van der Waals surface area contributed by atoms with E-state index in [1.807, 2.05) is 12.1 Å². The van der Waals surface area contributed by atoms with Crippen molar-refractivity contribution < 1.29 is 54.9 Å². The van der Waals surface area contributed by atoms with Gasteiger partial charge < -0.3 is 18.9 Å². The van der Waals surface area contributed by atoms with Crippen molar-refractivity contribution in [3.8, 4) is 17.6 Å². The van der Waals surface area contributed by atoms with Gasteiger partial charge in [-0.15, -0.1) is 0 Å². The van der Waals surface area contributed by atoms with Crippen LogP contribution in [-0.4, -0.2) is 50.7 Å². The summed E-state index contributed by atoms with van der Waals surface area (Å²) in [6.45, 7) is 0. The summed E-state index contributed by atoms with van der Waals surface area (Å²) in [5.41, 5.74) is 1.14. The van der Waals surface area contributed by atoms with Gasteiger partial charge in [0.1, 0.15) is 23.1 Å². The molecular formula is C39H36F6INO6. The Bertz CT molecular complexity index is 1990. The maximum atomic E-state index is 12.8. The van der Waals surface area contributed by atoms with Crippen molar-refractivity contribution in [1.82, 2.24) is 0 Å². The lowest BCUT2D eigenvalue weighted by Crippen LogP contribution is -2.32. The van der Waals surface area contributed by atoms with Crippen LogP contribution in [0.1, 0.15) is 77.6 Å². The molecule has 0 aliphatic heterocycles. The maximum absolute atomic E-state index is 12.8. The van der Waals surface area contributed by atoms with Gasteiger partial charge in [-0.1, -0.05) is 24.3 Å². The lowest BCUT2D eigenvalue weighted by molar-refractivity contribution is -0.186. The van der Waals surface area contributed by atoms with E-state index < -0.39 is 36.1 Å². The highest BCUT2D eigenvalue weighted by atomic mass is 127. The number of hydrogen-bond acceptors (Lipinski definition) is 7. The molecule has 0 unspecified atom stereocenters. The lowest BCUT2D eigenvalue weighted by Gasteiger charge is -2.30. The number of carbonyl (C=O) groups excluding carboxylic acids is 2. The van der Waals surface area contributed by atoms with Crippen molar-refractivity contribution in [2.24, 2.45) is 11.8 Å². The Balaban J connectivity index is 0.000000204. The van der Waals surface area contributed by atoms with Crippen LogP contribution in [0, 0.1) is 26.7 Å². The van der Waals surface area contributed by atoms with Crippen molar-refractivity contribution in [2.45, 2.75) is 75.9 Å². The van der Waals surface area contributed by atoms with Crippen LogP contribution in [-0.2, 0) is 9.47 Å². The van der Waals surface area contributed by atoms with Crippen LogP contribution in [0.5, 0.6) is 11.5 Å². The van der Waals surface area contributed by atoms with Crippen LogP contribution in [0.3, 0.4) is 0 Å². The molecule has 0 radical (unpaired) electrons. The Morgan fingerprint density at radius 3 is 1.49 bits per heavy atom. The molecule has 4 aromatic rings. The van der Waals surface area contributed by atoms with Crippen LogP contribution in [0.2, 0.25) is 0 Å². The summed E-state index contributed by atoms with van der Waals surface area (Å²) in [5.74, 6) is -2.35. The minimum absolute atomic E-state index is 0.0339. The molecule has 6 rings (SSSR count). The highest BCUT2D eigenvalue weighted by Crippen LogP contribution is 2.41. The first-order valence-corrected chi connectivity index (χ1v) is 18.0. The highest BCUT2D eigenvalue weighted by molar-refractivity contribution is 14.1. The molecule has 4 aromatic carbocycles. The maximum Gasteiger partial charge on any atom is 0.391 e. The SMILES string of the molecule is COC(=O)c1ccc2c(C#N)c(OC3CCC(C(F)(F)F)CC3)ccc2c1.COC(=O)c1ccc2c(I)c(OC3CCC(C(F)(F)F)CC3)ccc2c1. The molecule has 282 valence electrons. The normalized spacial score (nSPS) is 20.5. The molecular weight excluding hydrogens is 819 g/mol. The summed E-state index contributed by atoms with van der Waals surface area (Å²) in [7, 11) is 2.62. The molecule has 0 bridgehead atoms. The smallest absolute Gasteiger partial charge is 0.391 e. The topological polar surface area (TPSA) is 94.9 Å². The minimum Gasteiger partial charge on any atom is -0.489 e. The molecule has 53 heavy (non-hydrogen) atoms. The van der Waals surface area contributed by atoms with E-state index in [9.17, 15) is 41.2 Å². The van der Waals surface area contributed by atoms with Gasteiger partial charge in [-0.05, 0) is 127 Å².